The molecule has 1 fully saturated rings. The summed E-state index contributed by atoms with van der Waals surface area (Å²) in [7, 11) is -3.00. The van der Waals surface area contributed by atoms with E-state index in [9.17, 15) is 18.0 Å². The molecule has 1 saturated heterocycles. The molecule has 0 spiro atoms. The van der Waals surface area contributed by atoms with Crippen LogP contribution in [-0.2, 0) is 26.0 Å². The maximum atomic E-state index is 12.6. The summed E-state index contributed by atoms with van der Waals surface area (Å²) >= 11 is 0. The molecule has 2 rings (SSSR count). The second-order valence-electron chi connectivity index (χ2n) is 6.27. The molecule has 1 aromatic rings. The highest BCUT2D eigenvalue weighted by Crippen LogP contribution is 2.23. The van der Waals surface area contributed by atoms with E-state index in [-0.39, 0.29) is 36.2 Å². The third-order valence-corrected chi connectivity index (χ3v) is 6.01. The summed E-state index contributed by atoms with van der Waals surface area (Å²) in [6, 6.07) is 9.50. The number of amides is 1. The van der Waals surface area contributed by atoms with Crippen LogP contribution in [0.2, 0.25) is 0 Å². The minimum absolute atomic E-state index is 0.0103. The first-order valence-electron chi connectivity index (χ1n) is 8.09. The minimum Gasteiger partial charge on any atom is -0.481 e. The van der Waals surface area contributed by atoms with E-state index in [0.29, 0.717) is 25.9 Å². The zero-order chi connectivity index (χ0) is 17.6. The summed E-state index contributed by atoms with van der Waals surface area (Å²) in [4.78, 5) is 24.9. The maximum Gasteiger partial charge on any atom is 0.303 e. The van der Waals surface area contributed by atoms with Crippen LogP contribution in [0.5, 0.6) is 0 Å². The molecule has 1 unspecified atom stereocenters. The Labute approximate surface area is 142 Å². The Hall–Kier alpha value is -1.89. The Morgan fingerprint density at radius 2 is 1.92 bits per heavy atom. The summed E-state index contributed by atoms with van der Waals surface area (Å²) in [6.07, 6.45) is 1.13. The van der Waals surface area contributed by atoms with Crippen molar-refractivity contribution in [2.24, 2.45) is 5.92 Å². The van der Waals surface area contributed by atoms with Gasteiger partial charge in [-0.05, 0) is 24.3 Å². The van der Waals surface area contributed by atoms with Crippen LogP contribution in [0, 0.1) is 5.92 Å². The molecule has 6 nitrogen and oxygen atoms in total. The van der Waals surface area contributed by atoms with Crippen molar-refractivity contribution in [2.45, 2.75) is 32.2 Å². The fraction of sp³-hybridized carbons (Fsp3) is 0.529. The SMILES string of the molecule is O=C(O)CCCN(Cc1ccccc1)C(=O)CC1CCS(=O)(=O)C1. The van der Waals surface area contributed by atoms with Crippen molar-refractivity contribution < 1.29 is 23.1 Å². The number of carboxylic acid groups (broad SMARTS) is 1. The van der Waals surface area contributed by atoms with Crippen molar-refractivity contribution in [2.75, 3.05) is 18.1 Å². The van der Waals surface area contributed by atoms with Gasteiger partial charge < -0.3 is 10.0 Å². The third kappa shape index (κ3) is 5.96. The lowest BCUT2D eigenvalue weighted by atomic mass is 10.0. The molecule has 132 valence electrons. The molecule has 1 amide bonds. The number of carboxylic acids is 1. The lowest BCUT2D eigenvalue weighted by Gasteiger charge is -2.24. The van der Waals surface area contributed by atoms with Crippen LogP contribution in [0.1, 0.15) is 31.2 Å². The van der Waals surface area contributed by atoms with E-state index in [1.165, 1.54) is 0 Å². The average molecular weight is 353 g/mol. The molecular weight excluding hydrogens is 330 g/mol. The van der Waals surface area contributed by atoms with Gasteiger partial charge in [0.2, 0.25) is 5.91 Å². The topological polar surface area (TPSA) is 91.8 Å². The van der Waals surface area contributed by atoms with Gasteiger partial charge in [0.25, 0.3) is 0 Å². The zero-order valence-corrected chi connectivity index (χ0v) is 14.4. The molecule has 0 saturated carbocycles. The average Bonchev–Trinajstić information content (AvgIpc) is 2.85. The van der Waals surface area contributed by atoms with E-state index in [1.807, 2.05) is 30.3 Å². The minimum atomic E-state index is -3.00. The molecule has 0 aliphatic carbocycles. The molecule has 0 bridgehead atoms. The van der Waals surface area contributed by atoms with Gasteiger partial charge >= 0.3 is 5.97 Å². The van der Waals surface area contributed by atoms with Gasteiger partial charge in [-0.2, -0.15) is 0 Å². The lowest BCUT2D eigenvalue weighted by molar-refractivity contribution is -0.138. The van der Waals surface area contributed by atoms with Crippen LogP contribution < -0.4 is 0 Å². The number of nitrogens with zero attached hydrogens (tertiary/aromatic N) is 1. The Morgan fingerprint density at radius 1 is 1.21 bits per heavy atom. The maximum absolute atomic E-state index is 12.6. The van der Waals surface area contributed by atoms with Crippen LogP contribution in [0.3, 0.4) is 0 Å². The van der Waals surface area contributed by atoms with E-state index < -0.39 is 15.8 Å². The summed E-state index contributed by atoms with van der Waals surface area (Å²) in [5.74, 6) is -0.883. The monoisotopic (exact) mass is 353 g/mol. The Morgan fingerprint density at radius 3 is 2.50 bits per heavy atom. The molecule has 1 aliphatic heterocycles. The first-order valence-corrected chi connectivity index (χ1v) is 9.92. The number of aliphatic carboxylic acids is 1. The molecule has 7 heteroatoms. The van der Waals surface area contributed by atoms with Gasteiger partial charge in [0.1, 0.15) is 0 Å². The zero-order valence-electron chi connectivity index (χ0n) is 13.6. The predicted molar refractivity (Wildman–Crippen MR) is 90.1 cm³/mol. The van der Waals surface area contributed by atoms with Crippen LogP contribution in [-0.4, -0.2) is 48.4 Å². The summed E-state index contributed by atoms with van der Waals surface area (Å²) in [5.41, 5.74) is 0.972. The van der Waals surface area contributed by atoms with Crippen LogP contribution in [0.25, 0.3) is 0 Å². The van der Waals surface area contributed by atoms with Crippen LogP contribution in [0.4, 0.5) is 0 Å². The number of benzene rings is 1. The molecule has 1 atom stereocenters. The Balaban J connectivity index is 1.97. The first kappa shape index (κ1) is 18.4. The predicted octanol–water partition coefficient (Wildman–Crippen LogP) is 1.70. The number of hydrogen-bond donors (Lipinski definition) is 1. The highest BCUT2D eigenvalue weighted by atomic mass is 32.2. The molecule has 1 heterocycles. The molecule has 0 radical (unpaired) electrons. The molecule has 0 aromatic heterocycles. The molecule has 1 aliphatic rings. The fourth-order valence-corrected chi connectivity index (χ4v) is 4.79. The summed E-state index contributed by atoms with van der Waals surface area (Å²) < 4.78 is 23.1. The number of sulfone groups is 1. The highest BCUT2D eigenvalue weighted by Gasteiger charge is 2.30. The smallest absolute Gasteiger partial charge is 0.303 e. The second kappa shape index (κ2) is 8.28. The Kier molecular flexibility index (Phi) is 6.36. The van der Waals surface area contributed by atoms with Crippen LogP contribution in [0.15, 0.2) is 30.3 Å². The quantitative estimate of drug-likeness (QED) is 0.768. The number of rotatable bonds is 8. The van der Waals surface area contributed by atoms with Crippen molar-refractivity contribution in [1.82, 2.24) is 4.90 Å². The van der Waals surface area contributed by atoms with E-state index >= 15 is 0 Å². The van der Waals surface area contributed by atoms with Gasteiger partial charge in [-0.1, -0.05) is 30.3 Å². The van der Waals surface area contributed by atoms with Crippen molar-refractivity contribution in [3.8, 4) is 0 Å². The summed E-state index contributed by atoms with van der Waals surface area (Å²) in [5, 5.41) is 8.77. The van der Waals surface area contributed by atoms with Gasteiger partial charge in [-0.3, -0.25) is 9.59 Å². The second-order valence-corrected chi connectivity index (χ2v) is 8.50. The molecule has 1 aromatic carbocycles. The third-order valence-electron chi connectivity index (χ3n) is 4.18. The van der Waals surface area contributed by atoms with Crippen molar-refractivity contribution >= 4 is 21.7 Å². The van der Waals surface area contributed by atoms with Gasteiger partial charge in [0, 0.05) is 25.9 Å². The van der Waals surface area contributed by atoms with Gasteiger partial charge in [-0.25, -0.2) is 8.42 Å². The van der Waals surface area contributed by atoms with Gasteiger partial charge in [-0.15, -0.1) is 0 Å². The highest BCUT2D eigenvalue weighted by molar-refractivity contribution is 7.91. The standard InChI is InChI=1S/C17H23NO5S/c19-16(11-15-8-10-24(22,23)13-15)18(9-4-7-17(20)21)12-14-5-2-1-3-6-14/h1-3,5-6,15H,4,7-13H2,(H,20,21). The van der Waals surface area contributed by atoms with Crippen molar-refractivity contribution in [1.29, 1.82) is 0 Å². The van der Waals surface area contributed by atoms with E-state index in [4.69, 9.17) is 5.11 Å². The summed E-state index contributed by atoms with van der Waals surface area (Å²) in [6.45, 7) is 0.776. The number of carbonyl (C=O) groups excluding carboxylic acids is 1. The van der Waals surface area contributed by atoms with E-state index in [2.05, 4.69) is 0 Å². The number of carbonyl (C=O) groups is 2. The number of hydrogen-bond acceptors (Lipinski definition) is 4. The van der Waals surface area contributed by atoms with E-state index in [0.717, 1.165) is 5.56 Å². The largest absolute Gasteiger partial charge is 0.481 e. The van der Waals surface area contributed by atoms with Gasteiger partial charge in [0.05, 0.1) is 11.5 Å². The molecule has 24 heavy (non-hydrogen) atoms. The van der Waals surface area contributed by atoms with Crippen molar-refractivity contribution in [3.63, 3.8) is 0 Å². The molecular formula is C17H23NO5S. The normalized spacial score (nSPS) is 19.1. The van der Waals surface area contributed by atoms with E-state index in [1.54, 1.807) is 4.90 Å². The van der Waals surface area contributed by atoms with Crippen LogP contribution >= 0.6 is 0 Å². The van der Waals surface area contributed by atoms with Crippen molar-refractivity contribution in [3.05, 3.63) is 35.9 Å². The Bertz CT molecular complexity index is 671. The fourth-order valence-electron chi connectivity index (χ4n) is 2.93. The van der Waals surface area contributed by atoms with Gasteiger partial charge in [0.15, 0.2) is 9.84 Å². The lowest BCUT2D eigenvalue weighted by Crippen LogP contribution is -2.33. The first-order chi connectivity index (χ1) is 11.4. The molecule has 1 N–H and O–H groups in total.